The number of ether oxygens (including phenoxy) is 2. The summed E-state index contributed by atoms with van der Waals surface area (Å²) in [5.41, 5.74) is 1.40. The summed E-state index contributed by atoms with van der Waals surface area (Å²) in [7, 11) is 3.56. The van der Waals surface area contributed by atoms with Crippen molar-refractivity contribution in [3.05, 3.63) is 29.8 Å². The molecule has 2 aliphatic heterocycles. The molecular formula is C24H40N4O2. The molecule has 2 aliphatic rings. The Morgan fingerprint density at radius 2 is 1.87 bits per heavy atom. The highest BCUT2D eigenvalue weighted by molar-refractivity contribution is 5.79. The number of aliphatic imine (C=N–C) groups is 1. The van der Waals surface area contributed by atoms with Crippen LogP contribution in [-0.2, 0) is 10.2 Å². The molecule has 3 rings (SSSR count). The molecule has 0 amide bonds. The minimum Gasteiger partial charge on any atom is -0.497 e. The van der Waals surface area contributed by atoms with Gasteiger partial charge in [-0.05, 0) is 75.4 Å². The first-order valence-electron chi connectivity index (χ1n) is 11.5. The van der Waals surface area contributed by atoms with E-state index < -0.39 is 0 Å². The number of hydrogen-bond acceptors (Lipinski definition) is 4. The Kier molecular flexibility index (Phi) is 8.82. The average molecular weight is 417 g/mol. The van der Waals surface area contributed by atoms with Crippen LogP contribution in [-0.4, -0.2) is 71.0 Å². The van der Waals surface area contributed by atoms with Gasteiger partial charge in [0.25, 0.3) is 0 Å². The number of rotatable bonds is 8. The number of likely N-dealkylation sites (tertiary alicyclic amines) is 1. The standard InChI is InChI=1S/C24H40N4O2/c1-20-9-15-28(16-10-20)14-4-13-26-23(25-2)27-19-24(11-17-30-18-12-24)21-5-7-22(29-3)8-6-21/h5-8,20H,4,9-19H2,1-3H3,(H2,25,26,27). The number of nitrogens with one attached hydrogen (secondary N) is 2. The summed E-state index contributed by atoms with van der Waals surface area (Å²) in [6.07, 6.45) is 5.85. The minimum atomic E-state index is 0.0621. The molecule has 0 saturated carbocycles. The van der Waals surface area contributed by atoms with Gasteiger partial charge < -0.3 is 25.0 Å². The van der Waals surface area contributed by atoms with Gasteiger partial charge in [-0.3, -0.25) is 4.99 Å². The molecule has 30 heavy (non-hydrogen) atoms. The van der Waals surface area contributed by atoms with Crippen LogP contribution in [0, 0.1) is 5.92 Å². The fourth-order valence-electron chi connectivity index (χ4n) is 4.54. The van der Waals surface area contributed by atoms with Crippen LogP contribution in [0.5, 0.6) is 5.75 Å². The Balaban J connectivity index is 1.48. The van der Waals surface area contributed by atoms with Gasteiger partial charge in [-0.2, -0.15) is 0 Å². The fourth-order valence-corrected chi connectivity index (χ4v) is 4.54. The second-order valence-electron chi connectivity index (χ2n) is 8.85. The van der Waals surface area contributed by atoms with Crippen molar-refractivity contribution in [2.24, 2.45) is 10.9 Å². The molecule has 0 unspecified atom stereocenters. The van der Waals surface area contributed by atoms with Crippen molar-refractivity contribution >= 4 is 5.96 Å². The summed E-state index contributed by atoms with van der Waals surface area (Å²) in [6, 6.07) is 8.50. The van der Waals surface area contributed by atoms with E-state index in [9.17, 15) is 0 Å². The lowest BCUT2D eigenvalue weighted by Gasteiger charge is -2.38. The van der Waals surface area contributed by atoms with E-state index in [-0.39, 0.29) is 5.41 Å². The zero-order chi connectivity index (χ0) is 21.2. The first kappa shape index (κ1) is 22.9. The van der Waals surface area contributed by atoms with Crippen molar-refractivity contribution in [3.63, 3.8) is 0 Å². The van der Waals surface area contributed by atoms with Crippen LogP contribution in [0.2, 0.25) is 0 Å². The van der Waals surface area contributed by atoms with Crippen molar-refractivity contribution in [2.75, 3.05) is 60.1 Å². The normalized spacial score (nSPS) is 20.7. The third-order valence-electron chi connectivity index (χ3n) is 6.79. The molecule has 0 radical (unpaired) electrons. The maximum absolute atomic E-state index is 5.66. The number of hydrogen-bond donors (Lipinski definition) is 2. The molecule has 0 aliphatic carbocycles. The molecule has 0 spiro atoms. The van der Waals surface area contributed by atoms with E-state index in [2.05, 4.69) is 51.7 Å². The Morgan fingerprint density at radius 1 is 1.17 bits per heavy atom. The Labute approximate surface area is 182 Å². The highest BCUT2D eigenvalue weighted by atomic mass is 16.5. The number of benzene rings is 1. The van der Waals surface area contributed by atoms with Crippen molar-refractivity contribution in [2.45, 2.75) is 44.4 Å². The van der Waals surface area contributed by atoms with E-state index in [1.54, 1.807) is 7.11 Å². The van der Waals surface area contributed by atoms with Crippen molar-refractivity contribution in [3.8, 4) is 5.75 Å². The van der Waals surface area contributed by atoms with Crippen LogP contribution in [0.4, 0.5) is 0 Å². The predicted octanol–water partition coefficient (Wildman–Crippen LogP) is 3.03. The summed E-state index contributed by atoms with van der Waals surface area (Å²) in [4.78, 5) is 7.04. The average Bonchev–Trinajstić information content (AvgIpc) is 2.80. The van der Waals surface area contributed by atoms with Crippen molar-refractivity contribution in [1.82, 2.24) is 15.5 Å². The van der Waals surface area contributed by atoms with Crippen LogP contribution < -0.4 is 15.4 Å². The third kappa shape index (κ3) is 6.35. The predicted molar refractivity (Wildman–Crippen MR) is 124 cm³/mol. The lowest BCUT2D eigenvalue weighted by atomic mass is 9.74. The van der Waals surface area contributed by atoms with E-state index in [1.165, 1.54) is 38.0 Å². The number of methoxy groups -OCH3 is 1. The molecule has 2 heterocycles. The largest absolute Gasteiger partial charge is 0.497 e. The monoisotopic (exact) mass is 416 g/mol. The Hall–Kier alpha value is -1.79. The van der Waals surface area contributed by atoms with E-state index in [0.29, 0.717) is 0 Å². The molecule has 6 nitrogen and oxygen atoms in total. The van der Waals surface area contributed by atoms with Gasteiger partial charge in [-0.25, -0.2) is 0 Å². The Morgan fingerprint density at radius 3 is 2.50 bits per heavy atom. The van der Waals surface area contributed by atoms with Gasteiger partial charge in [0.05, 0.1) is 7.11 Å². The maximum Gasteiger partial charge on any atom is 0.191 e. The highest BCUT2D eigenvalue weighted by Crippen LogP contribution is 2.35. The van der Waals surface area contributed by atoms with Crippen LogP contribution in [0.15, 0.2) is 29.3 Å². The molecule has 1 aromatic carbocycles. The van der Waals surface area contributed by atoms with Gasteiger partial charge in [0.1, 0.15) is 5.75 Å². The van der Waals surface area contributed by atoms with E-state index in [0.717, 1.165) is 63.2 Å². The molecule has 0 aromatic heterocycles. The first-order chi connectivity index (χ1) is 14.6. The van der Waals surface area contributed by atoms with Crippen molar-refractivity contribution < 1.29 is 9.47 Å². The highest BCUT2D eigenvalue weighted by Gasteiger charge is 2.34. The zero-order valence-electron chi connectivity index (χ0n) is 19.1. The van der Waals surface area contributed by atoms with Crippen molar-refractivity contribution in [1.29, 1.82) is 0 Å². The number of guanidine groups is 1. The number of piperidine rings is 1. The van der Waals surface area contributed by atoms with Crippen LogP contribution in [0.3, 0.4) is 0 Å². The molecule has 168 valence electrons. The molecule has 2 fully saturated rings. The topological polar surface area (TPSA) is 58.1 Å². The van der Waals surface area contributed by atoms with Gasteiger partial charge >= 0.3 is 0 Å². The molecular weight excluding hydrogens is 376 g/mol. The Bertz CT molecular complexity index is 648. The van der Waals surface area contributed by atoms with Crippen LogP contribution in [0.25, 0.3) is 0 Å². The SMILES string of the molecule is CN=C(NCCCN1CCC(C)CC1)NCC1(c2ccc(OC)cc2)CCOCC1. The quantitative estimate of drug-likeness (QED) is 0.388. The zero-order valence-corrected chi connectivity index (χ0v) is 19.1. The maximum atomic E-state index is 5.66. The summed E-state index contributed by atoms with van der Waals surface area (Å²) >= 11 is 0. The van der Waals surface area contributed by atoms with Crippen LogP contribution in [0.1, 0.15) is 44.6 Å². The van der Waals surface area contributed by atoms with Gasteiger partial charge in [0, 0.05) is 38.8 Å². The fraction of sp³-hybridized carbons (Fsp3) is 0.708. The van der Waals surface area contributed by atoms with Gasteiger partial charge in [-0.15, -0.1) is 0 Å². The van der Waals surface area contributed by atoms with Gasteiger partial charge in [0.15, 0.2) is 5.96 Å². The molecule has 0 bridgehead atoms. The summed E-state index contributed by atoms with van der Waals surface area (Å²) in [6.45, 7) is 9.44. The molecule has 6 heteroatoms. The van der Waals surface area contributed by atoms with Crippen LogP contribution >= 0.6 is 0 Å². The molecule has 1 aromatic rings. The van der Waals surface area contributed by atoms with E-state index in [1.807, 2.05) is 7.05 Å². The number of nitrogens with zero attached hydrogens (tertiary/aromatic N) is 2. The second kappa shape index (κ2) is 11.6. The lowest BCUT2D eigenvalue weighted by Crippen LogP contribution is -2.48. The summed E-state index contributed by atoms with van der Waals surface area (Å²) < 4.78 is 11.0. The van der Waals surface area contributed by atoms with Gasteiger partial charge in [0.2, 0.25) is 0 Å². The van der Waals surface area contributed by atoms with E-state index >= 15 is 0 Å². The smallest absolute Gasteiger partial charge is 0.191 e. The summed E-state index contributed by atoms with van der Waals surface area (Å²) in [5, 5.41) is 7.10. The van der Waals surface area contributed by atoms with E-state index in [4.69, 9.17) is 9.47 Å². The minimum absolute atomic E-state index is 0.0621. The molecule has 2 N–H and O–H groups in total. The first-order valence-corrected chi connectivity index (χ1v) is 11.5. The molecule has 0 atom stereocenters. The lowest BCUT2D eigenvalue weighted by molar-refractivity contribution is 0.0513. The molecule has 2 saturated heterocycles. The summed E-state index contributed by atoms with van der Waals surface area (Å²) in [5.74, 6) is 2.68. The third-order valence-corrected chi connectivity index (χ3v) is 6.79. The van der Waals surface area contributed by atoms with Gasteiger partial charge in [-0.1, -0.05) is 19.1 Å². The second-order valence-corrected chi connectivity index (χ2v) is 8.85.